The molecule has 9 heteroatoms. The number of aryl methyl sites for hydroxylation is 2. The van der Waals surface area contributed by atoms with Gasteiger partial charge in [0, 0.05) is 6.54 Å². The first kappa shape index (κ1) is 23.2. The molecular formula is C25H24N6O2S. The number of para-hydroxylation sites is 2. The van der Waals surface area contributed by atoms with E-state index in [-0.39, 0.29) is 17.6 Å². The normalized spacial score (nSPS) is 10.6. The summed E-state index contributed by atoms with van der Waals surface area (Å²) in [6.45, 7) is 4.38. The van der Waals surface area contributed by atoms with E-state index in [1.165, 1.54) is 11.8 Å². The third-order valence-corrected chi connectivity index (χ3v) is 6.09. The number of carbonyl (C=O) groups excluding carboxylic acids is 2. The summed E-state index contributed by atoms with van der Waals surface area (Å²) in [7, 11) is 0. The van der Waals surface area contributed by atoms with Crippen LogP contribution in [0.2, 0.25) is 0 Å². The fourth-order valence-corrected chi connectivity index (χ4v) is 4.21. The highest BCUT2D eigenvalue weighted by Gasteiger charge is 2.17. The van der Waals surface area contributed by atoms with Crippen LogP contribution in [0.4, 0.5) is 5.69 Å². The molecule has 4 aromatic rings. The van der Waals surface area contributed by atoms with Crippen molar-refractivity contribution in [3.8, 4) is 5.69 Å². The molecule has 0 saturated carbocycles. The average molecular weight is 473 g/mol. The van der Waals surface area contributed by atoms with Gasteiger partial charge in [0.1, 0.15) is 0 Å². The lowest BCUT2D eigenvalue weighted by Crippen LogP contribution is -2.25. The van der Waals surface area contributed by atoms with E-state index in [9.17, 15) is 9.59 Å². The number of anilines is 1. The molecule has 4 rings (SSSR count). The van der Waals surface area contributed by atoms with Crippen molar-refractivity contribution in [3.05, 3.63) is 95.1 Å². The highest BCUT2D eigenvalue weighted by Crippen LogP contribution is 2.24. The van der Waals surface area contributed by atoms with Crippen LogP contribution in [0.3, 0.4) is 0 Å². The second kappa shape index (κ2) is 10.8. The molecule has 0 aliphatic carbocycles. The number of aromatic nitrogens is 4. The van der Waals surface area contributed by atoms with Crippen LogP contribution in [-0.2, 0) is 11.3 Å². The van der Waals surface area contributed by atoms with Crippen molar-refractivity contribution in [1.82, 2.24) is 25.5 Å². The number of rotatable bonds is 8. The van der Waals surface area contributed by atoms with E-state index in [4.69, 9.17) is 0 Å². The Morgan fingerprint density at radius 3 is 2.38 bits per heavy atom. The molecule has 3 aromatic carbocycles. The third-order valence-electron chi connectivity index (χ3n) is 5.17. The Morgan fingerprint density at radius 2 is 1.62 bits per heavy atom. The fourth-order valence-electron chi connectivity index (χ4n) is 3.53. The number of hydrogen-bond donors (Lipinski definition) is 2. The van der Waals surface area contributed by atoms with Crippen molar-refractivity contribution >= 4 is 29.3 Å². The van der Waals surface area contributed by atoms with Crippen molar-refractivity contribution in [2.75, 3.05) is 11.1 Å². The predicted octanol–water partition coefficient (Wildman–Crippen LogP) is 3.94. The first-order chi connectivity index (χ1) is 16.5. The molecular weight excluding hydrogens is 448 g/mol. The second-order valence-electron chi connectivity index (χ2n) is 7.66. The molecule has 1 aromatic heterocycles. The van der Waals surface area contributed by atoms with E-state index in [0.717, 1.165) is 22.4 Å². The van der Waals surface area contributed by atoms with Crippen molar-refractivity contribution in [1.29, 1.82) is 0 Å². The van der Waals surface area contributed by atoms with Gasteiger partial charge in [0.25, 0.3) is 5.91 Å². The van der Waals surface area contributed by atoms with E-state index in [2.05, 4.69) is 26.2 Å². The molecule has 172 valence electrons. The first-order valence-electron chi connectivity index (χ1n) is 10.7. The molecule has 34 heavy (non-hydrogen) atoms. The van der Waals surface area contributed by atoms with Gasteiger partial charge in [-0.3, -0.25) is 9.59 Å². The average Bonchev–Trinajstić information content (AvgIpc) is 3.30. The van der Waals surface area contributed by atoms with Crippen molar-refractivity contribution in [2.45, 2.75) is 25.5 Å². The molecule has 0 unspecified atom stereocenters. The molecule has 0 aliphatic heterocycles. The number of nitrogens with zero attached hydrogens (tertiary/aromatic N) is 4. The van der Waals surface area contributed by atoms with Crippen molar-refractivity contribution in [2.24, 2.45) is 0 Å². The Bertz CT molecular complexity index is 1290. The van der Waals surface area contributed by atoms with Crippen LogP contribution in [0.1, 0.15) is 27.0 Å². The van der Waals surface area contributed by atoms with Gasteiger partial charge in [0.2, 0.25) is 11.1 Å². The summed E-state index contributed by atoms with van der Waals surface area (Å²) in [6.07, 6.45) is 0. The molecule has 0 saturated heterocycles. The van der Waals surface area contributed by atoms with Gasteiger partial charge in [-0.15, -0.1) is 5.10 Å². The number of thioether (sulfide) groups is 1. The zero-order valence-electron chi connectivity index (χ0n) is 18.9. The summed E-state index contributed by atoms with van der Waals surface area (Å²) in [5.74, 6) is -0.429. The van der Waals surface area contributed by atoms with Crippen molar-refractivity contribution < 1.29 is 9.59 Å². The highest BCUT2D eigenvalue weighted by molar-refractivity contribution is 7.99. The Kier molecular flexibility index (Phi) is 7.34. The van der Waals surface area contributed by atoms with Crippen LogP contribution in [0.15, 0.2) is 78.0 Å². The monoisotopic (exact) mass is 472 g/mol. The lowest BCUT2D eigenvalue weighted by atomic mass is 10.1. The number of amides is 2. The second-order valence-corrected chi connectivity index (χ2v) is 8.61. The van der Waals surface area contributed by atoms with Gasteiger partial charge in [-0.05, 0) is 53.1 Å². The molecule has 0 atom stereocenters. The Labute approximate surface area is 201 Å². The van der Waals surface area contributed by atoms with Crippen LogP contribution >= 0.6 is 11.8 Å². The Balaban J connectivity index is 1.40. The highest BCUT2D eigenvalue weighted by atomic mass is 32.2. The smallest absolute Gasteiger partial charge is 0.253 e. The number of carbonyl (C=O) groups is 2. The maximum absolute atomic E-state index is 12.7. The lowest BCUT2D eigenvalue weighted by molar-refractivity contribution is -0.113. The predicted molar refractivity (Wildman–Crippen MR) is 132 cm³/mol. The molecule has 0 bridgehead atoms. The number of tetrazole rings is 1. The van der Waals surface area contributed by atoms with E-state index in [1.54, 1.807) is 28.9 Å². The summed E-state index contributed by atoms with van der Waals surface area (Å²) in [6, 6.07) is 22.5. The van der Waals surface area contributed by atoms with Gasteiger partial charge < -0.3 is 10.6 Å². The van der Waals surface area contributed by atoms with E-state index in [1.807, 2.05) is 62.4 Å². The maximum atomic E-state index is 12.7. The topological polar surface area (TPSA) is 102 Å². The van der Waals surface area contributed by atoms with E-state index < -0.39 is 0 Å². The maximum Gasteiger partial charge on any atom is 0.253 e. The Hall–Kier alpha value is -3.98. The van der Waals surface area contributed by atoms with Gasteiger partial charge >= 0.3 is 0 Å². The van der Waals surface area contributed by atoms with E-state index >= 15 is 0 Å². The van der Waals surface area contributed by atoms with Crippen molar-refractivity contribution in [3.63, 3.8) is 0 Å². The van der Waals surface area contributed by atoms with Crippen LogP contribution in [-0.4, -0.2) is 37.8 Å². The zero-order valence-corrected chi connectivity index (χ0v) is 19.7. The summed E-state index contributed by atoms with van der Waals surface area (Å²) in [5, 5.41) is 18.2. The summed E-state index contributed by atoms with van der Waals surface area (Å²) in [5.41, 5.74) is 4.82. The minimum absolute atomic E-state index is 0.0886. The number of hydrogen-bond acceptors (Lipinski definition) is 6. The number of nitrogens with one attached hydrogen (secondary N) is 2. The molecule has 0 spiro atoms. The lowest BCUT2D eigenvalue weighted by Gasteiger charge is -2.12. The van der Waals surface area contributed by atoms with Gasteiger partial charge in [-0.1, -0.05) is 72.4 Å². The molecule has 0 aliphatic rings. The van der Waals surface area contributed by atoms with Gasteiger partial charge in [0.15, 0.2) is 0 Å². The van der Waals surface area contributed by atoms with Gasteiger partial charge in [-0.25, -0.2) is 0 Å². The molecule has 0 fully saturated rings. The number of benzene rings is 3. The SMILES string of the molecule is Cc1cccc(C)c1-n1nnnc1SCC(=O)Nc1ccccc1C(=O)NCc1ccccc1. The molecule has 2 N–H and O–H groups in total. The van der Waals surface area contributed by atoms with Crippen LogP contribution in [0.25, 0.3) is 5.69 Å². The van der Waals surface area contributed by atoms with E-state index in [0.29, 0.717) is 23.0 Å². The standard InChI is InChI=1S/C25H24N6O2S/c1-17-9-8-10-18(2)23(17)31-25(28-29-30-31)34-16-22(32)27-21-14-7-6-13-20(21)24(33)26-15-19-11-4-3-5-12-19/h3-14H,15-16H2,1-2H3,(H,26,33)(H,27,32). The van der Waals surface area contributed by atoms with Crippen LogP contribution in [0, 0.1) is 13.8 Å². The minimum atomic E-state index is -0.260. The Morgan fingerprint density at radius 1 is 0.912 bits per heavy atom. The largest absolute Gasteiger partial charge is 0.348 e. The van der Waals surface area contributed by atoms with Gasteiger partial charge in [0.05, 0.1) is 22.7 Å². The summed E-state index contributed by atoms with van der Waals surface area (Å²) < 4.78 is 1.65. The molecule has 2 amide bonds. The first-order valence-corrected chi connectivity index (χ1v) is 11.7. The quantitative estimate of drug-likeness (QED) is 0.377. The molecule has 1 heterocycles. The summed E-state index contributed by atoms with van der Waals surface area (Å²) >= 11 is 1.23. The third kappa shape index (κ3) is 5.49. The molecule has 0 radical (unpaired) electrons. The van der Waals surface area contributed by atoms with Gasteiger partial charge in [-0.2, -0.15) is 4.68 Å². The molecule has 8 nitrogen and oxygen atoms in total. The fraction of sp³-hybridized carbons (Fsp3) is 0.160. The van der Waals surface area contributed by atoms with Crippen LogP contribution in [0.5, 0.6) is 0 Å². The summed E-state index contributed by atoms with van der Waals surface area (Å²) in [4.78, 5) is 25.4. The minimum Gasteiger partial charge on any atom is -0.348 e. The van der Waals surface area contributed by atoms with Crippen LogP contribution < -0.4 is 10.6 Å². The zero-order chi connectivity index (χ0) is 23.9.